The van der Waals surface area contributed by atoms with E-state index in [9.17, 15) is 9.59 Å². The molecule has 2 aliphatic rings. The van der Waals surface area contributed by atoms with Gasteiger partial charge in [-0.15, -0.1) is 0 Å². The normalized spacial score (nSPS) is 24.2. The Hall–Kier alpha value is -2.63. The third-order valence-corrected chi connectivity index (χ3v) is 5.60. The summed E-state index contributed by atoms with van der Waals surface area (Å²) < 4.78 is 10.7. The Morgan fingerprint density at radius 2 is 1.71 bits per heavy atom. The van der Waals surface area contributed by atoms with Gasteiger partial charge in [-0.1, -0.05) is 29.4 Å². The summed E-state index contributed by atoms with van der Waals surface area (Å²) in [6, 6.07) is 9.45. The maximum Gasteiger partial charge on any atom is 0.410 e. The fraction of sp³-hybridized carbons (Fsp3) is 0.500. The van der Waals surface area contributed by atoms with Crippen LogP contribution < -0.4 is 0 Å². The van der Waals surface area contributed by atoms with E-state index in [1.165, 1.54) is 0 Å². The summed E-state index contributed by atoms with van der Waals surface area (Å²) in [7, 11) is 0. The molecule has 3 heterocycles. The van der Waals surface area contributed by atoms with Crippen molar-refractivity contribution in [1.82, 2.24) is 10.1 Å². The van der Waals surface area contributed by atoms with E-state index >= 15 is 0 Å². The number of rotatable bonds is 3. The highest BCUT2D eigenvalue weighted by Crippen LogP contribution is 2.40. The van der Waals surface area contributed by atoms with Crippen LogP contribution in [0.4, 0.5) is 4.79 Å². The zero-order chi connectivity index (χ0) is 19.9. The van der Waals surface area contributed by atoms with Crippen molar-refractivity contribution in [2.24, 2.45) is 5.92 Å². The zero-order valence-electron chi connectivity index (χ0n) is 16.6. The number of aromatic nitrogens is 1. The van der Waals surface area contributed by atoms with Crippen molar-refractivity contribution in [1.29, 1.82) is 0 Å². The second kappa shape index (κ2) is 7.08. The SMILES string of the molecule is CC(C)(C)OC(=O)N1C2CCC1CC(C(=O)c1ccc(-c3ccno3)cc1)C2. The first-order valence-corrected chi connectivity index (χ1v) is 9.88. The van der Waals surface area contributed by atoms with Gasteiger partial charge in [0.05, 0.1) is 6.20 Å². The van der Waals surface area contributed by atoms with Crippen LogP contribution >= 0.6 is 0 Å². The van der Waals surface area contributed by atoms with Crippen molar-refractivity contribution in [3.05, 3.63) is 42.1 Å². The molecule has 28 heavy (non-hydrogen) atoms. The number of carbonyl (C=O) groups excluding carboxylic acids is 2. The fourth-order valence-corrected chi connectivity index (χ4v) is 4.40. The van der Waals surface area contributed by atoms with Crippen molar-refractivity contribution in [2.75, 3.05) is 0 Å². The number of piperidine rings is 1. The third kappa shape index (κ3) is 3.68. The number of hydrogen-bond donors (Lipinski definition) is 0. The Labute approximate surface area is 164 Å². The predicted molar refractivity (Wildman–Crippen MR) is 104 cm³/mol. The molecule has 1 amide bonds. The molecule has 2 saturated heterocycles. The second-order valence-corrected chi connectivity index (χ2v) is 8.76. The molecule has 1 aromatic carbocycles. The Balaban J connectivity index is 1.44. The minimum absolute atomic E-state index is 0.0488. The maximum absolute atomic E-state index is 13.1. The number of benzene rings is 1. The van der Waals surface area contributed by atoms with Crippen LogP contribution in [-0.2, 0) is 4.74 Å². The van der Waals surface area contributed by atoms with Gasteiger partial charge in [0.15, 0.2) is 11.5 Å². The standard InChI is InChI=1S/C22H26N2O4/c1-22(2,3)27-21(26)24-17-8-9-18(24)13-16(12-17)20(25)15-6-4-14(5-7-15)19-10-11-23-28-19/h4-7,10-11,16-18H,8-9,12-13H2,1-3H3. The van der Waals surface area contributed by atoms with Crippen LogP contribution in [0.15, 0.2) is 41.1 Å². The molecule has 6 heteroatoms. The monoisotopic (exact) mass is 382 g/mol. The van der Waals surface area contributed by atoms with Gasteiger partial charge in [0.2, 0.25) is 0 Å². The molecule has 0 aliphatic carbocycles. The average Bonchev–Trinajstić information content (AvgIpc) is 3.26. The molecular weight excluding hydrogens is 356 g/mol. The lowest BCUT2D eigenvalue weighted by Gasteiger charge is -2.39. The van der Waals surface area contributed by atoms with Crippen LogP contribution in [0.5, 0.6) is 0 Å². The van der Waals surface area contributed by atoms with E-state index in [-0.39, 0.29) is 29.9 Å². The Kier molecular flexibility index (Phi) is 4.73. The minimum Gasteiger partial charge on any atom is -0.444 e. The molecule has 2 aromatic rings. The number of nitrogens with zero attached hydrogens (tertiary/aromatic N) is 2. The van der Waals surface area contributed by atoms with Crippen LogP contribution in [0.25, 0.3) is 11.3 Å². The van der Waals surface area contributed by atoms with Gasteiger partial charge in [-0.2, -0.15) is 0 Å². The lowest BCUT2D eigenvalue weighted by molar-refractivity contribution is 0.00254. The molecule has 2 atom stereocenters. The van der Waals surface area contributed by atoms with E-state index in [1.54, 1.807) is 12.3 Å². The van der Waals surface area contributed by atoms with E-state index < -0.39 is 5.60 Å². The largest absolute Gasteiger partial charge is 0.444 e. The summed E-state index contributed by atoms with van der Waals surface area (Å²) in [5.41, 5.74) is 1.10. The van der Waals surface area contributed by atoms with Gasteiger partial charge in [-0.25, -0.2) is 4.79 Å². The molecule has 0 N–H and O–H groups in total. The summed E-state index contributed by atoms with van der Waals surface area (Å²) >= 11 is 0. The number of hydrogen-bond acceptors (Lipinski definition) is 5. The minimum atomic E-state index is -0.506. The average molecular weight is 382 g/mol. The van der Waals surface area contributed by atoms with Gasteiger partial charge in [-0.3, -0.25) is 4.79 Å². The van der Waals surface area contributed by atoms with E-state index in [4.69, 9.17) is 9.26 Å². The highest BCUT2D eigenvalue weighted by molar-refractivity contribution is 5.98. The summed E-state index contributed by atoms with van der Waals surface area (Å²) in [4.78, 5) is 27.5. The van der Waals surface area contributed by atoms with E-state index in [0.29, 0.717) is 24.2 Å². The van der Waals surface area contributed by atoms with Crippen molar-refractivity contribution in [2.45, 2.75) is 64.1 Å². The van der Waals surface area contributed by atoms with Gasteiger partial charge >= 0.3 is 6.09 Å². The van der Waals surface area contributed by atoms with E-state index in [0.717, 1.165) is 18.4 Å². The van der Waals surface area contributed by atoms with E-state index in [1.807, 2.05) is 49.9 Å². The predicted octanol–water partition coefficient (Wildman–Crippen LogP) is 4.70. The van der Waals surface area contributed by atoms with Crippen LogP contribution in [-0.4, -0.2) is 39.6 Å². The summed E-state index contributed by atoms with van der Waals surface area (Å²) in [6.45, 7) is 5.64. The van der Waals surface area contributed by atoms with Gasteiger partial charge in [0.25, 0.3) is 0 Å². The van der Waals surface area contributed by atoms with E-state index in [2.05, 4.69) is 5.16 Å². The Bertz CT molecular complexity index is 838. The van der Waals surface area contributed by atoms with Gasteiger partial charge in [0.1, 0.15) is 5.60 Å². The smallest absolute Gasteiger partial charge is 0.410 e. The van der Waals surface area contributed by atoms with Crippen molar-refractivity contribution in [3.63, 3.8) is 0 Å². The molecule has 2 aliphatic heterocycles. The molecule has 0 radical (unpaired) electrons. The quantitative estimate of drug-likeness (QED) is 0.719. The Morgan fingerprint density at radius 1 is 1.07 bits per heavy atom. The highest BCUT2D eigenvalue weighted by Gasteiger charge is 2.46. The van der Waals surface area contributed by atoms with Crippen molar-refractivity contribution < 1.29 is 18.8 Å². The second-order valence-electron chi connectivity index (χ2n) is 8.76. The fourth-order valence-electron chi connectivity index (χ4n) is 4.40. The van der Waals surface area contributed by atoms with Gasteiger partial charge in [-0.05, 0) is 46.5 Å². The Morgan fingerprint density at radius 3 is 2.25 bits per heavy atom. The van der Waals surface area contributed by atoms with Crippen LogP contribution in [0.2, 0.25) is 0 Å². The van der Waals surface area contributed by atoms with Gasteiger partial charge in [0, 0.05) is 35.2 Å². The van der Waals surface area contributed by atoms with Gasteiger partial charge < -0.3 is 14.2 Å². The maximum atomic E-state index is 13.1. The number of carbonyl (C=O) groups is 2. The number of ether oxygens (including phenoxy) is 1. The molecule has 2 fully saturated rings. The molecule has 2 unspecified atom stereocenters. The molecule has 1 aromatic heterocycles. The lowest BCUT2D eigenvalue weighted by Crippen LogP contribution is -2.49. The molecular formula is C22H26N2O4. The van der Waals surface area contributed by atoms with Crippen LogP contribution in [0.1, 0.15) is 56.8 Å². The molecule has 0 saturated carbocycles. The first-order chi connectivity index (χ1) is 13.3. The number of amides is 1. The number of fused-ring (bicyclic) bond motifs is 2. The topological polar surface area (TPSA) is 72.6 Å². The molecule has 2 bridgehead atoms. The zero-order valence-corrected chi connectivity index (χ0v) is 16.6. The molecule has 148 valence electrons. The molecule has 6 nitrogen and oxygen atoms in total. The summed E-state index contributed by atoms with van der Waals surface area (Å²) in [5.74, 6) is 0.792. The van der Waals surface area contributed by atoms with Crippen molar-refractivity contribution >= 4 is 11.9 Å². The van der Waals surface area contributed by atoms with Crippen LogP contribution in [0.3, 0.4) is 0 Å². The molecule has 0 spiro atoms. The summed E-state index contributed by atoms with van der Waals surface area (Å²) in [5, 5.41) is 3.71. The lowest BCUT2D eigenvalue weighted by atomic mass is 9.84. The molecule has 4 rings (SSSR count). The third-order valence-electron chi connectivity index (χ3n) is 5.60. The number of Topliss-reactive ketones (excluding diaryl/α,β-unsaturated/α-hetero) is 1. The number of ketones is 1. The first-order valence-electron chi connectivity index (χ1n) is 9.88. The first kappa shape index (κ1) is 18.7. The highest BCUT2D eigenvalue weighted by atomic mass is 16.6. The summed E-state index contributed by atoms with van der Waals surface area (Å²) in [6.07, 6.45) is 4.65. The van der Waals surface area contributed by atoms with Crippen LogP contribution in [0, 0.1) is 5.92 Å². The van der Waals surface area contributed by atoms with Crippen molar-refractivity contribution in [3.8, 4) is 11.3 Å².